The molecule has 1 saturated heterocycles. The van der Waals surface area contributed by atoms with Gasteiger partial charge in [0.25, 0.3) is 0 Å². The van der Waals surface area contributed by atoms with Gasteiger partial charge in [0.05, 0.1) is 32.0 Å². The topological polar surface area (TPSA) is 60.1 Å². The fourth-order valence-electron chi connectivity index (χ4n) is 1.58. The molecule has 0 spiro atoms. The van der Waals surface area contributed by atoms with Gasteiger partial charge in [-0.25, -0.2) is 0 Å². The Hall–Kier alpha value is -0.810. The number of ether oxygens (including phenoxy) is 2. The summed E-state index contributed by atoms with van der Waals surface area (Å²) in [5.41, 5.74) is 5.89. The molecule has 0 amide bonds. The third-order valence-electron chi connectivity index (χ3n) is 2.38. The van der Waals surface area contributed by atoms with Crippen molar-refractivity contribution < 1.29 is 9.47 Å². The Morgan fingerprint density at radius 1 is 1.62 bits per heavy atom. The normalized spacial score (nSPS) is 22.9. The van der Waals surface area contributed by atoms with Gasteiger partial charge in [0.1, 0.15) is 0 Å². The summed E-state index contributed by atoms with van der Waals surface area (Å²) in [6.45, 7) is 9.67. The number of morpholine rings is 1. The predicted molar refractivity (Wildman–Crippen MR) is 64.6 cm³/mol. The molecule has 0 radical (unpaired) electrons. The van der Waals surface area contributed by atoms with Crippen LogP contribution in [0.5, 0.6) is 0 Å². The third kappa shape index (κ3) is 4.81. The van der Waals surface area contributed by atoms with Crippen molar-refractivity contribution in [3.63, 3.8) is 0 Å². The highest BCUT2D eigenvalue weighted by molar-refractivity contribution is 5.78. The first kappa shape index (κ1) is 13.3. The molecule has 0 saturated carbocycles. The Labute approximate surface area is 97.6 Å². The molecule has 2 N–H and O–H groups in total. The lowest BCUT2D eigenvalue weighted by Crippen LogP contribution is -2.48. The summed E-state index contributed by atoms with van der Waals surface area (Å²) >= 11 is 0. The van der Waals surface area contributed by atoms with Gasteiger partial charge in [-0.05, 0) is 20.8 Å². The average Bonchev–Trinajstić information content (AvgIpc) is 2.24. The van der Waals surface area contributed by atoms with Crippen molar-refractivity contribution in [2.45, 2.75) is 33.0 Å². The summed E-state index contributed by atoms with van der Waals surface area (Å²) in [5, 5.41) is 0. The van der Waals surface area contributed by atoms with Crippen LogP contribution in [0.15, 0.2) is 4.99 Å². The van der Waals surface area contributed by atoms with Gasteiger partial charge >= 0.3 is 0 Å². The molecular weight excluding hydrogens is 206 g/mol. The van der Waals surface area contributed by atoms with Gasteiger partial charge in [0.15, 0.2) is 5.96 Å². The minimum absolute atomic E-state index is 0.231. The molecule has 5 heteroatoms. The van der Waals surface area contributed by atoms with E-state index in [9.17, 15) is 0 Å². The van der Waals surface area contributed by atoms with Crippen LogP contribution in [-0.4, -0.2) is 55.9 Å². The van der Waals surface area contributed by atoms with Gasteiger partial charge in [-0.2, -0.15) is 0 Å². The second-order valence-corrected chi connectivity index (χ2v) is 4.29. The molecule has 0 bridgehead atoms. The van der Waals surface area contributed by atoms with E-state index in [4.69, 9.17) is 15.2 Å². The summed E-state index contributed by atoms with van der Waals surface area (Å²) < 4.78 is 10.8. The average molecular weight is 229 g/mol. The van der Waals surface area contributed by atoms with Gasteiger partial charge in [-0.15, -0.1) is 0 Å². The Morgan fingerprint density at radius 2 is 2.38 bits per heavy atom. The second-order valence-electron chi connectivity index (χ2n) is 4.29. The fourth-order valence-corrected chi connectivity index (χ4v) is 1.58. The summed E-state index contributed by atoms with van der Waals surface area (Å²) in [5.74, 6) is 0.600. The van der Waals surface area contributed by atoms with Crippen molar-refractivity contribution in [2.75, 3.05) is 32.8 Å². The largest absolute Gasteiger partial charge is 0.377 e. The molecule has 0 aliphatic carbocycles. The first-order chi connectivity index (χ1) is 7.59. The number of aliphatic imine (C=N–C) groups is 1. The van der Waals surface area contributed by atoms with Crippen LogP contribution < -0.4 is 5.73 Å². The van der Waals surface area contributed by atoms with Crippen LogP contribution in [0.4, 0.5) is 0 Å². The SMILES string of the molecule is CC(C)OCCN=C(N)N1CCOC(C)C1. The van der Waals surface area contributed by atoms with Crippen LogP contribution in [-0.2, 0) is 9.47 Å². The van der Waals surface area contributed by atoms with Crippen LogP contribution in [0, 0.1) is 0 Å². The lowest BCUT2D eigenvalue weighted by Gasteiger charge is -2.31. The lowest BCUT2D eigenvalue weighted by atomic mass is 10.3. The first-order valence-corrected chi connectivity index (χ1v) is 5.87. The van der Waals surface area contributed by atoms with Gasteiger partial charge in [-0.3, -0.25) is 4.99 Å². The van der Waals surface area contributed by atoms with Crippen LogP contribution in [0.1, 0.15) is 20.8 Å². The van der Waals surface area contributed by atoms with E-state index in [-0.39, 0.29) is 12.2 Å². The van der Waals surface area contributed by atoms with E-state index in [0.717, 1.165) is 19.7 Å². The quantitative estimate of drug-likeness (QED) is 0.432. The molecule has 1 atom stereocenters. The maximum Gasteiger partial charge on any atom is 0.191 e. The predicted octanol–water partition coefficient (Wildman–Crippen LogP) is 0.447. The number of guanidine groups is 1. The Balaban J connectivity index is 2.26. The van der Waals surface area contributed by atoms with Gasteiger partial charge in [0.2, 0.25) is 0 Å². The van der Waals surface area contributed by atoms with Crippen molar-refractivity contribution in [2.24, 2.45) is 10.7 Å². The van der Waals surface area contributed by atoms with E-state index in [1.54, 1.807) is 0 Å². The number of nitrogens with two attached hydrogens (primary N) is 1. The molecule has 94 valence electrons. The maximum absolute atomic E-state index is 5.89. The molecular formula is C11H23N3O2. The number of nitrogens with zero attached hydrogens (tertiary/aromatic N) is 2. The molecule has 5 nitrogen and oxygen atoms in total. The van der Waals surface area contributed by atoms with E-state index in [1.807, 2.05) is 20.8 Å². The lowest BCUT2D eigenvalue weighted by molar-refractivity contribution is 0.00521. The minimum atomic E-state index is 0.231. The van der Waals surface area contributed by atoms with Crippen molar-refractivity contribution in [3.05, 3.63) is 0 Å². The summed E-state index contributed by atoms with van der Waals surface area (Å²) in [4.78, 5) is 6.35. The van der Waals surface area contributed by atoms with E-state index in [0.29, 0.717) is 19.1 Å². The summed E-state index contributed by atoms with van der Waals surface area (Å²) in [6, 6.07) is 0. The molecule has 0 aromatic heterocycles. The highest BCUT2D eigenvalue weighted by Crippen LogP contribution is 2.03. The van der Waals surface area contributed by atoms with Crippen LogP contribution in [0.3, 0.4) is 0 Å². The first-order valence-electron chi connectivity index (χ1n) is 5.87. The van der Waals surface area contributed by atoms with Gasteiger partial charge < -0.3 is 20.1 Å². The number of hydrogen-bond acceptors (Lipinski definition) is 3. The maximum atomic E-state index is 5.89. The zero-order valence-corrected chi connectivity index (χ0v) is 10.5. The van der Waals surface area contributed by atoms with Crippen LogP contribution in [0.25, 0.3) is 0 Å². The molecule has 1 aliphatic rings. The second kappa shape index (κ2) is 6.70. The Kier molecular flexibility index (Phi) is 5.55. The van der Waals surface area contributed by atoms with Crippen molar-refractivity contribution >= 4 is 5.96 Å². The molecule has 1 unspecified atom stereocenters. The molecule has 1 heterocycles. The minimum Gasteiger partial charge on any atom is -0.377 e. The van der Waals surface area contributed by atoms with Crippen LogP contribution in [0.2, 0.25) is 0 Å². The van der Waals surface area contributed by atoms with E-state index in [1.165, 1.54) is 0 Å². The zero-order chi connectivity index (χ0) is 12.0. The van der Waals surface area contributed by atoms with Gasteiger partial charge in [-0.1, -0.05) is 0 Å². The van der Waals surface area contributed by atoms with Crippen LogP contribution >= 0.6 is 0 Å². The van der Waals surface area contributed by atoms with E-state index in [2.05, 4.69) is 9.89 Å². The Bertz CT molecular complexity index is 231. The molecule has 1 fully saturated rings. The highest BCUT2D eigenvalue weighted by Gasteiger charge is 2.17. The van der Waals surface area contributed by atoms with Crippen molar-refractivity contribution in [3.8, 4) is 0 Å². The highest BCUT2D eigenvalue weighted by atomic mass is 16.5. The monoisotopic (exact) mass is 229 g/mol. The molecule has 16 heavy (non-hydrogen) atoms. The van der Waals surface area contributed by atoms with Gasteiger partial charge in [0, 0.05) is 13.1 Å². The molecule has 0 aromatic rings. The number of hydrogen-bond donors (Lipinski definition) is 1. The molecule has 1 aliphatic heterocycles. The zero-order valence-electron chi connectivity index (χ0n) is 10.5. The molecule has 0 aromatic carbocycles. The molecule has 1 rings (SSSR count). The van der Waals surface area contributed by atoms with E-state index >= 15 is 0 Å². The van der Waals surface area contributed by atoms with Crippen molar-refractivity contribution in [1.82, 2.24) is 4.90 Å². The Morgan fingerprint density at radius 3 is 3.00 bits per heavy atom. The summed E-state index contributed by atoms with van der Waals surface area (Å²) in [6.07, 6.45) is 0.481. The van der Waals surface area contributed by atoms with Crippen molar-refractivity contribution in [1.29, 1.82) is 0 Å². The standard InChI is InChI=1S/C11H23N3O2/c1-9(2)15-6-4-13-11(12)14-5-7-16-10(3)8-14/h9-10H,4-8H2,1-3H3,(H2,12,13). The fraction of sp³-hybridized carbons (Fsp3) is 0.909. The summed E-state index contributed by atoms with van der Waals surface area (Å²) in [7, 11) is 0. The third-order valence-corrected chi connectivity index (χ3v) is 2.38. The van der Waals surface area contributed by atoms with E-state index < -0.39 is 0 Å². The number of rotatable bonds is 4. The smallest absolute Gasteiger partial charge is 0.191 e.